The summed E-state index contributed by atoms with van der Waals surface area (Å²) in [5, 5.41) is 20.1. The van der Waals surface area contributed by atoms with E-state index in [1.165, 1.54) is 31.4 Å². The predicted molar refractivity (Wildman–Crippen MR) is 339 cm³/mol. The Balaban J connectivity index is 0.000000260. The normalized spacial score (nSPS) is 22.6. The summed E-state index contributed by atoms with van der Waals surface area (Å²) in [4.78, 5) is 70.1. The number of halogens is 5. The molecule has 2 saturated heterocycles. The second-order valence-corrected chi connectivity index (χ2v) is 32.8. The van der Waals surface area contributed by atoms with Crippen molar-refractivity contribution in [3.63, 3.8) is 0 Å². The van der Waals surface area contributed by atoms with Crippen molar-refractivity contribution in [2.75, 3.05) is 18.6 Å². The van der Waals surface area contributed by atoms with Gasteiger partial charge in [0.05, 0.1) is 63.0 Å². The Morgan fingerprint density at radius 3 is 1.68 bits per heavy atom. The van der Waals surface area contributed by atoms with Gasteiger partial charge in [-0.3, -0.25) is 19.2 Å². The molecule has 0 radical (unpaired) electrons. The lowest BCUT2D eigenvalue weighted by atomic mass is 9.66. The summed E-state index contributed by atoms with van der Waals surface area (Å²) in [6.45, 7) is 15.3. The lowest BCUT2D eigenvalue weighted by Crippen LogP contribution is -2.59. The number of likely N-dealkylation sites (tertiary alicyclic amines) is 2. The van der Waals surface area contributed by atoms with E-state index in [0.717, 1.165) is 29.5 Å². The molecular formula is C66H77Cl4FN2O12S2. The van der Waals surface area contributed by atoms with Gasteiger partial charge in [0.15, 0.2) is 19.7 Å². The molecule has 0 bridgehead atoms. The molecule has 2 aliphatic heterocycles. The molecule has 21 heteroatoms. The molecule has 1 aliphatic carbocycles. The first-order valence-electron chi connectivity index (χ1n) is 29.0. The van der Waals surface area contributed by atoms with Gasteiger partial charge < -0.3 is 24.7 Å². The molecule has 0 unspecified atom stereocenters. The molecular weight excluding hydrogens is 1240 g/mol. The van der Waals surface area contributed by atoms with Gasteiger partial charge in [-0.05, 0) is 161 Å². The number of aromatic carboxylic acids is 1. The smallest absolute Gasteiger partial charge is 0.339 e. The highest BCUT2D eigenvalue weighted by atomic mass is 35.5. The van der Waals surface area contributed by atoms with Gasteiger partial charge in [-0.1, -0.05) is 123 Å². The quantitative estimate of drug-likeness (QED) is 0.0703. The average Bonchev–Trinajstić information content (AvgIpc) is 1.49. The van der Waals surface area contributed by atoms with Gasteiger partial charge in [0.25, 0.3) is 0 Å². The maximum absolute atomic E-state index is 15.2. The number of carboxylic acids is 2. The highest BCUT2D eigenvalue weighted by Crippen LogP contribution is 2.56. The molecule has 14 nitrogen and oxygen atoms in total. The first-order chi connectivity index (χ1) is 40.5. The number of ether oxygens (including phenoxy) is 1. The van der Waals surface area contributed by atoms with Crippen LogP contribution >= 0.6 is 46.4 Å². The molecule has 470 valence electrons. The lowest BCUT2D eigenvalue weighted by molar-refractivity contribution is -0.161. The van der Waals surface area contributed by atoms with Crippen molar-refractivity contribution >= 4 is 95.6 Å². The Kier molecular flexibility index (Phi) is 21.6. The molecule has 3 fully saturated rings. The maximum atomic E-state index is 15.2. The zero-order valence-electron chi connectivity index (χ0n) is 50.5. The number of carbonyl (C=O) groups is 5. The van der Waals surface area contributed by atoms with Crippen LogP contribution in [-0.2, 0) is 45.3 Å². The van der Waals surface area contributed by atoms with Crippen LogP contribution in [0.25, 0.3) is 0 Å². The molecule has 5 aromatic carbocycles. The molecule has 0 spiro atoms. The number of carbonyl (C=O) groups excluding carboxylic acids is 3. The first kappa shape index (κ1) is 68.9. The number of sulfone groups is 2. The zero-order valence-corrected chi connectivity index (χ0v) is 55.2. The number of piperidine rings is 2. The van der Waals surface area contributed by atoms with Crippen LogP contribution in [0.15, 0.2) is 109 Å². The number of ketones is 1. The number of rotatable bonds is 21. The van der Waals surface area contributed by atoms with Gasteiger partial charge in [-0.2, -0.15) is 0 Å². The lowest BCUT2D eigenvalue weighted by Gasteiger charge is -2.52. The Morgan fingerprint density at radius 2 is 1.21 bits per heavy atom. The number of hydrogen-bond donors (Lipinski definition) is 2. The molecule has 1 saturated carbocycles. The van der Waals surface area contributed by atoms with Crippen LogP contribution in [0.5, 0.6) is 5.75 Å². The third kappa shape index (κ3) is 15.9. The number of nitrogens with zero attached hydrogens (tertiary/aromatic N) is 2. The highest BCUT2D eigenvalue weighted by Gasteiger charge is 2.57. The summed E-state index contributed by atoms with van der Waals surface area (Å²) in [6, 6.07) is 27.8. The number of benzene rings is 5. The summed E-state index contributed by atoms with van der Waals surface area (Å²) in [5.41, 5.74) is 0.835. The summed E-state index contributed by atoms with van der Waals surface area (Å²) >= 11 is 25.1. The molecule has 3 aliphatic rings. The van der Waals surface area contributed by atoms with E-state index >= 15 is 9.18 Å². The van der Waals surface area contributed by atoms with E-state index in [1.54, 1.807) is 107 Å². The minimum Gasteiger partial charge on any atom is -0.496 e. The fourth-order valence-electron chi connectivity index (χ4n) is 12.4. The van der Waals surface area contributed by atoms with Crippen molar-refractivity contribution in [1.82, 2.24) is 9.80 Å². The number of methoxy groups -OCH3 is 1. The van der Waals surface area contributed by atoms with Crippen LogP contribution in [0, 0.1) is 28.5 Å². The van der Waals surface area contributed by atoms with Crippen molar-refractivity contribution in [3.05, 3.63) is 168 Å². The van der Waals surface area contributed by atoms with E-state index < -0.39 is 88.3 Å². The van der Waals surface area contributed by atoms with Gasteiger partial charge >= 0.3 is 11.9 Å². The van der Waals surface area contributed by atoms with Crippen LogP contribution in [0.3, 0.4) is 0 Å². The van der Waals surface area contributed by atoms with E-state index in [-0.39, 0.29) is 95.3 Å². The number of carboxylic acid groups (broad SMARTS) is 2. The second kappa shape index (κ2) is 27.3. The second-order valence-electron chi connectivity index (χ2n) is 25.7. The van der Waals surface area contributed by atoms with Crippen LogP contribution in [0.1, 0.15) is 163 Å². The Morgan fingerprint density at radius 1 is 0.678 bits per heavy atom. The molecule has 2 N–H and O–H groups in total. The van der Waals surface area contributed by atoms with Crippen LogP contribution < -0.4 is 4.74 Å². The molecule has 2 heterocycles. The van der Waals surface area contributed by atoms with Gasteiger partial charge in [0.1, 0.15) is 22.9 Å². The third-order valence-electron chi connectivity index (χ3n) is 17.4. The molecule has 2 amide bonds. The predicted octanol–water partition coefficient (Wildman–Crippen LogP) is 14.5. The van der Waals surface area contributed by atoms with Crippen molar-refractivity contribution < 1.29 is 60.1 Å². The molecule has 8 atom stereocenters. The summed E-state index contributed by atoms with van der Waals surface area (Å²) in [6.07, 6.45) is 1.28. The van der Waals surface area contributed by atoms with Gasteiger partial charge in [0.2, 0.25) is 11.8 Å². The highest BCUT2D eigenvalue weighted by molar-refractivity contribution is 7.92. The largest absolute Gasteiger partial charge is 0.496 e. The van der Waals surface area contributed by atoms with E-state index in [0.29, 0.717) is 26.2 Å². The Bertz CT molecular complexity index is 3630. The molecule has 0 aromatic heterocycles. The number of aliphatic carboxylic acids is 1. The average molecular weight is 1320 g/mol. The summed E-state index contributed by atoms with van der Waals surface area (Å²) in [7, 11) is -5.92. The van der Waals surface area contributed by atoms with Gasteiger partial charge in [-0.25, -0.2) is 26.0 Å². The van der Waals surface area contributed by atoms with Crippen molar-refractivity contribution in [3.8, 4) is 5.75 Å². The van der Waals surface area contributed by atoms with E-state index in [4.69, 9.17) is 51.1 Å². The molecule has 87 heavy (non-hydrogen) atoms. The van der Waals surface area contributed by atoms with Crippen molar-refractivity contribution in [1.29, 1.82) is 0 Å². The first-order valence-corrected chi connectivity index (χ1v) is 33.8. The number of hydrogen-bond acceptors (Lipinski definition) is 10. The van der Waals surface area contributed by atoms with Crippen LogP contribution in [-0.4, -0.2) is 107 Å². The van der Waals surface area contributed by atoms with E-state index in [9.17, 15) is 46.2 Å². The molecule has 5 aromatic rings. The fraction of sp³-hybridized carbons (Fsp3) is 0.470. The van der Waals surface area contributed by atoms with Gasteiger partial charge in [-0.15, -0.1) is 0 Å². The Hall–Kier alpha value is -5.56. The number of Topliss-reactive ketones (excluding diaryl/α,β-unsaturated/α-hetero) is 1. The van der Waals surface area contributed by atoms with Gasteiger partial charge in [0, 0.05) is 51.8 Å². The monoisotopic (exact) mass is 1310 g/mol. The van der Waals surface area contributed by atoms with E-state index in [1.807, 2.05) is 50.2 Å². The van der Waals surface area contributed by atoms with Crippen LogP contribution in [0.4, 0.5) is 4.39 Å². The van der Waals surface area contributed by atoms with Crippen molar-refractivity contribution in [2.24, 2.45) is 22.7 Å². The topological polar surface area (TPSA) is 210 Å². The van der Waals surface area contributed by atoms with Crippen LogP contribution in [0.2, 0.25) is 20.1 Å². The number of amides is 2. The summed E-state index contributed by atoms with van der Waals surface area (Å²) in [5.74, 6) is -5.46. The fourth-order valence-corrected chi connectivity index (χ4v) is 15.8. The minimum atomic E-state index is -3.73. The zero-order chi connectivity index (χ0) is 64.5. The third-order valence-corrected chi connectivity index (χ3v) is 23.3. The Labute approximate surface area is 530 Å². The standard InChI is InChI=1S/C38H42Cl2FNO7S.C28H35Cl2NO5S/c1-37(2,3)50(47,48)21-32(23-10-11-23)42-34(25-12-14-30(40)31(41)18-25)29(24-7-6-8-26(39)17-24)20-38(4,36(42)46)19-27(43)15-22-9-13-28(35(44)45)33(16-22)49-5;1-17(2)24(16-37(35,36)18(3)4)31-26(19-9-11-21(29)12-10-19)23(20-7-6-8-22(30)13-20)14-28(5,27(31)34)15-25(32)33/h6-9,12-14,16-18,23,29,32,34H,10-11,15,19-21H2,1-5H3,(H,44,45);6-13,17-18,23-24,26H,14-16H2,1-5H3,(H,32,33)/t29-,32-,34-,38+;23-,24-,26-,28-/m11/s1. The van der Waals surface area contributed by atoms with Crippen molar-refractivity contribution in [2.45, 2.75) is 153 Å². The maximum Gasteiger partial charge on any atom is 0.339 e. The van der Waals surface area contributed by atoms with E-state index in [2.05, 4.69) is 0 Å². The molecule has 8 rings (SSSR count). The SMILES string of the molecule is CC(C)[C@@H](CS(=O)(=O)C(C)C)N1C(=O)[C@@](C)(CC(=O)O)C[C@H](c2cccc(Cl)c2)[C@H]1c1ccc(Cl)cc1.COc1cc(CC(=O)C[C@@]2(C)C[C@H](c3cccc(Cl)c3)[C@@H](c3ccc(Cl)c(F)c3)N([C@H](CS(=O)(=O)C(C)(C)C)C3CC3)C2=O)ccc1C(=O)O. The summed E-state index contributed by atoms with van der Waals surface area (Å²) < 4.78 is 73.2. The minimum absolute atomic E-state index is 0.0425.